The van der Waals surface area contributed by atoms with Gasteiger partial charge in [0.05, 0.1) is 24.7 Å². The summed E-state index contributed by atoms with van der Waals surface area (Å²) in [6.07, 6.45) is 11.8. The van der Waals surface area contributed by atoms with Crippen molar-refractivity contribution in [1.29, 1.82) is 0 Å². The zero-order valence-electron chi connectivity index (χ0n) is 17.0. The van der Waals surface area contributed by atoms with Gasteiger partial charge < -0.3 is 16.9 Å². The van der Waals surface area contributed by atoms with E-state index in [1.165, 1.54) is 87.5 Å². The van der Waals surface area contributed by atoms with Crippen LogP contribution in [0.1, 0.15) is 84.1 Å². The van der Waals surface area contributed by atoms with Crippen LogP contribution in [0, 0.1) is 0 Å². The molecular formula is C22H38Cl3N. The lowest BCUT2D eigenvalue weighted by Crippen LogP contribution is -3.00. The van der Waals surface area contributed by atoms with E-state index in [1.54, 1.807) is 0 Å². The Hall–Kier alpha value is 0.0500. The van der Waals surface area contributed by atoms with E-state index in [1.807, 2.05) is 12.1 Å². The van der Waals surface area contributed by atoms with Gasteiger partial charge in [-0.3, -0.25) is 0 Å². The van der Waals surface area contributed by atoms with Gasteiger partial charge in [0.2, 0.25) is 0 Å². The van der Waals surface area contributed by atoms with Crippen molar-refractivity contribution in [1.82, 2.24) is 0 Å². The molecule has 1 aromatic rings. The number of nitrogens with zero attached hydrogens (tertiary/aromatic N) is 1. The molecule has 0 unspecified atom stereocenters. The molecule has 0 aliphatic carbocycles. The maximum Gasteiger partial charge on any atom is 0.106 e. The van der Waals surface area contributed by atoms with Crippen LogP contribution >= 0.6 is 23.2 Å². The zero-order chi connectivity index (χ0) is 18.5. The van der Waals surface area contributed by atoms with Crippen LogP contribution in [0.4, 0.5) is 0 Å². The third-order valence-electron chi connectivity index (χ3n) is 5.23. The van der Waals surface area contributed by atoms with Crippen LogP contribution in [0.5, 0.6) is 0 Å². The van der Waals surface area contributed by atoms with Gasteiger partial charge in [0, 0.05) is 10.6 Å². The lowest BCUT2D eigenvalue weighted by molar-refractivity contribution is -0.941. The summed E-state index contributed by atoms with van der Waals surface area (Å²) in [7, 11) is 0. The van der Waals surface area contributed by atoms with Gasteiger partial charge in [0.1, 0.15) is 6.54 Å². The average Bonchev–Trinajstić information content (AvgIpc) is 2.58. The van der Waals surface area contributed by atoms with Gasteiger partial charge in [0.25, 0.3) is 0 Å². The van der Waals surface area contributed by atoms with E-state index in [9.17, 15) is 0 Å². The molecule has 0 spiro atoms. The molecule has 0 aliphatic heterocycles. The number of hydrogen-bond acceptors (Lipinski definition) is 0. The molecule has 0 atom stereocenters. The highest BCUT2D eigenvalue weighted by atomic mass is 35.5. The predicted molar refractivity (Wildman–Crippen MR) is 114 cm³/mol. The van der Waals surface area contributed by atoms with E-state index in [2.05, 4.69) is 26.8 Å². The normalized spacial score (nSPS) is 11.4. The Labute approximate surface area is 178 Å². The average molecular weight is 423 g/mol. The fourth-order valence-electron chi connectivity index (χ4n) is 3.68. The van der Waals surface area contributed by atoms with Crippen LogP contribution in [0.15, 0.2) is 18.2 Å². The monoisotopic (exact) mass is 421 g/mol. The maximum atomic E-state index is 6.53. The topological polar surface area (TPSA) is 0 Å². The molecule has 0 bridgehead atoms. The molecule has 4 heteroatoms. The van der Waals surface area contributed by atoms with E-state index >= 15 is 0 Å². The van der Waals surface area contributed by atoms with Gasteiger partial charge in [-0.15, -0.1) is 0 Å². The van der Waals surface area contributed by atoms with Crippen molar-refractivity contribution in [2.24, 2.45) is 0 Å². The summed E-state index contributed by atoms with van der Waals surface area (Å²) in [4.78, 5) is 0. The Morgan fingerprint density at radius 3 is 1.58 bits per heavy atom. The zero-order valence-corrected chi connectivity index (χ0v) is 19.3. The minimum absolute atomic E-state index is 0. The fraction of sp³-hybridized carbons (Fsp3) is 0.727. The number of halogens is 3. The molecule has 0 saturated carbocycles. The second kappa shape index (κ2) is 15.0. The number of rotatable bonds is 14. The summed E-state index contributed by atoms with van der Waals surface area (Å²) in [6.45, 7) is 11.8. The van der Waals surface area contributed by atoms with Crippen molar-refractivity contribution in [3.05, 3.63) is 33.8 Å². The Balaban J connectivity index is 0.00000625. The summed E-state index contributed by atoms with van der Waals surface area (Å²) in [6, 6.07) is 6.02. The van der Waals surface area contributed by atoms with E-state index in [-0.39, 0.29) is 12.4 Å². The van der Waals surface area contributed by atoms with E-state index in [0.29, 0.717) is 0 Å². The molecule has 152 valence electrons. The predicted octanol–water partition coefficient (Wildman–Crippen LogP) is 4.88. The van der Waals surface area contributed by atoms with Crippen molar-refractivity contribution in [3.8, 4) is 0 Å². The van der Waals surface area contributed by atoms with Crippen LogP contribution < -0.4 is 12.4 Å². The van der Waals surface area contributed by atoms with Crippen LogP contribution in [0.25, 0.3) is 0 Å². The summed E-state index contributed by atoms with van der Waals surface area (Å²) in [5, 5.41) is 1.56. The number of hydrogen-bond donors (Lipinski definition) is 0. The van der Waals surface area contributed by atoms with Gasteiger partial charge in [-0.05, 0) is 50.7 Å². The highest BCUT2D eigenvalue weighted by molar-refractivity contribution is 6.35. The van der Waals surface area contributed by atoms with E-state index in [0.717, 1.165) is 16.6 Å². The summed E-state index contributed by atoms with van der Waals surface area (Å²) >= 11 is 12.6. The van der Waals surface area contributed by atoms with Crippen molar-refractivity contribution in [2.45, 2.75) is 85.1 Å². The minimum Gasteiger partial charge on any atom is -1.00 e. The highest BCUT2D eigenvalue weighted by Gasteiger charge is 2.27. The minimum atomic E-state index is 0. The van der Waals surface area contributed by atoms with Gasteiger partial charge >= 0.3 is 0 Å². The third kappa shape index (κ3) is 9.83. The first kappa shape index (κ1) is 26.1. The van der Waals surface area contributed by atoms with Crippen molar-refractivity contribution in [3.63, 3.8) is 0 Å². The standard InChI is InChI=1S/C22H38Cl2N.ClH/c1-4-7-10-15-25(16-11-8-5-2,17-12-9-6-3)19-20-13-14-21(23)18-22(20)24;/h13-14,18H,4-12,15-17,19H2,1-3H3;1H/q+1;/p-1. The SMILES string of the molecule is CCCCC[N+](CCCCC)(CCCCC)Cc1ccc(Cl)cc1Cl.[Cl-]. The van der Waals surface area contributed by atoms with Gasteiger partial charge in [-0.1, -0.05) is 69.3 Å². The largest absolute Gasteiger partial charge is 1.00 e. The first-order chi connectivity index (χ1) is 12.1. The molecule has 0 amide bonds. The summed E-state index contributed by atoms with van der Waals surface area (Å²) in [5.74, 6) is 0. The molecule has 0 fully saturated rings. The highest BCUT2D eigenvalue weighted by Crippen LogP contribution is 2.27. The number of unbranched alkanes of at least 4 members (excludes halogenated alkanes) is 6. The first-order valence-corrected chi connectivity index (χ1v) is 11.1. The molecule has 0 heterocycles. The summed E-state index contributed by atoms with van der Waals surface area (Å²) in [5.41, 5.74) is 1.26. The molecule has 0 radical (unpaired) electrons. The molecule has 0 aliphatic rings. The second-order valence-corrected chi connectivity index (χ2v) is 8.37. The number of quaternary nitrogens is 1. The Morgan fingerprint density at radius 1 is 0.731 bits per heavy atom. The van der Waals surface area contributed by atoms with E-state index in [4.69, 9.17) is 23.2 Å². The molecule has 0 N–H and O–H groups in total. The van der Waals surface area contributed by atoms with Gasteiger partial charge in [-0.25, -0.2) is 0 Å². The molecule has 1 rings (SSSR count). The number of benzene rings is 1. The summed E-state index contributed by atoms with van der Waals surface area (Å²) < 4.78 is 1.20. The second-order valence-electron chi connectivity index (χ2n) is 7.53. The van der Waals surface area contributed by atoms with Crippen LogP contribution in [-0.2, 0) is 6.54 Å². The third-order valence-corrected chi connectivity index (χ3v) is 5.82. The van der Waals surface area contributed by atoms with Gasteiger partial charge in [-0.2, -0.15) is 0 Å². The van der Waals surface area contributed by atoms with Crippen LogP contribution in [-0.4, -0.2) is 24.1 Å². The Morgan fingerprint density at radius 2 is 1.19 bits per heavy atom. The first-order valence-electron chi connectivity index (χ1n) is 10.4. The van der Waals surface area contributed by atoms with Crippen molar-refractivity contribution < 1.29 is 16.9 Å². The van der Waals surface area contributed by atoms with Crippen molar-refractivity contribution in [2.75, 3.05) is 19.6 Å². The van der Waals surface area contributed by atoms with Crippen LogP contribution in [0.2, 0.25) is 10.0 Å². The Kier molecular flexibility index (Phi) is 15.1. The smallest absolute Gasteiger partial charge is 0.106 e. The van der Waals surface area contributed by atoms with Crippen LogP contribution in [0.3, 0.4) is 0 Å². The lowest BCUT2D eigenvalue weighted by atomic mass is 10.1. The molecule has 1 aromatic carbocycles. The fourth-order valence-corrected chi connectivity index (χ4v) is 4.14. The molecule has 0 aromatic heterocycles. The molecule has 1 nitrogen and oxygen atoms in total. The van der Waals surface area contributed by atoms with E-state index < -0.39 is 0 Å². The quantitative estimate of drug-likeness (QED) is 0.296. The molecule has 26 heavy (non-hydrogen) atoms. The molecular weight excluding hydrogens is 385 g/mol. The molecule has 0 saturated heterocycles. The Bertz CT molecular complexity index is 450. The maximum absolute atomic E-state index is 6.53. The lowest BCUT2D eigenvalue weighted by Gasteiger charge is -2.40. The van der Waals surface area contributed by atoms with Gasteiger partial charge in [0.15, 0.2) is 0 Å². The van der Waals surface area contributed by atoms with Crippen molar-refractivity contribution >= 4 is 23.2 Å².